The summed E-state index contributed by atoms with van der Waals surface area (Å²) in [5.74, 6) is -4.81. The highest BCUT2D eigenvalue weighted by Crippen LogP contribution is 2.55. The summed E-state index contributed by atoms with van der Waals surface area (Å²) in [6.45, 7) is 0. The van der Waals surface area contributed by atoms with Gasteiger partial charge in [-0.1, -0.05) is 17.7 Å². The number of hydrogen-bond acceptors (Lipinski definition) is 8. The van der Waals surface area contributed by atoms with Crippen molar-refractivity contribution < 1.29 is 38.6 Å². The summed E-state index contributed by atoms with van der Waals surface area (Å²) in [6, 6.07) is 4.66. The van der Waals surface area contributed by atoms with E-state index in [0.29, 0.717) is 16.0 Å². The van der Waals surface area contributed by atoms with Crippen LogP contribution in [-0.2, 0) is 23.9 Å². The third-order valence-electron chi connectivity index (χ3n) is 7.23. The van der Waals surface area contributed by atoms with Crippen molar-refractivity contribution in [2.45, 2.75) is 18.8 Å². The topological polar surface area (TPSA) is 127 Å². The molecule has 1 fully saturated rings. The highest BCUT2D eigenvalue weighted by Gasteiger charge is 2.58. The number of carbonyl (C=O) groups excluding carboxylic acids is 5. The van der Waals surface area contributed by atoms with E-state index >= 15 is 0 Å². The molecule has 0 spiro atoms. The van der Waals surface area contributed by atoms with Crippen molar-refractivity contribution in [3.63, 3.8) is 0 Å². The van der Waals surface area contributed by atoms with E-state index < -0.39 is 41.6 Å². The third kappa shape index (κ3) is 3.30. The maximum atomic E-state index is 13.3. The molecule has 1 N–H and O–H groups in total. The number of hydrogen-bond donors (Lipinski definition) is 1. The predicted octanol–water partition coefficient (Wildman–Crippen LogP) is 2.93. The van der Waals surface area contributed by atoms with Crippen LogP contribution in [0.2, 0.25) is 0 Å². The molecule has 5 rings (SSSR count). The van der Waals surface area contributed by atoms with E-state index in [9.17, 15) is 29.1 Å². The number of phenols is 1. The van der Waals surface area contributed by atoms with Gasteiger partial charge in [0.25, 0.3) is 0 Å². The molecular formula is C25H20BrNO8. The molecule has 35 heavy (non-hydrogen) atoms. The molecule has 180 valence electrons. The molecule has 0 saturated carbocycles. The number of nitrogens with zero attached hydrogens (tertiary/aromatic N) is 1. The Morgan fingerprint density at radius 2 is 1.86 bits per heavy atom. The Morgan fingerprint density at radius 1 is 1.11 bits per heavy atom. The van der Waals surface area contributed by atoms with Crippen LogP contribution in [0.25, 0.3) is 0 Å². The van der Waals surface area contributed by atoms with Gasteiger partial charge in [-0.05, 0) is 52.4 Å². The molecule has 0 radical (unpaired) electrons. The van der Waals surface area contributed by atoms with Crippen molar-refractivity contribution in [3.05, 3.63) is 57.1 Å². The van der Waals surface area contributed by atoms with E-state index in [4.69, 9.17) is 4.74 Å². The van der Waals surface area contributed by atoms with Crippen molar-refractivity contribution >= 4 is 45.4 Å². The lowest BCUT2D eigenvalue weighted by Crippen LogP contribution is -2.40. The first-order valence-corrected chi connectivity index (χ1v) is 11.7. The van der Waals surface area contributed by atoms with Crippen LogP contribution in [0.1, 0.15) is 24.3 Å². The Kier molecular flexibility index (Phi) is 5.51. The van der Waals surface area contributed by atoms with Crippen molar-refractivity contribution in [1.29, 1.82) is 0 Å². The quantitative estimate of drug-likeness (QED) is 0.344. The zero-order chi connectivity index (χ0) is 25.2. The molecule has 1 aromatic carbocycles. The average Bonchev–Trinajstić information content (AvgIpc) is 3.11. The van der Waals surface area contributed by atoms with Gasteiger partial charge in [-0.25, -0.2) is 4.79 Å². The maximum Gasteiger partial charge on any atom is 0.423 e. The number of fused-ring (bicyclic) bond motifs is 3. The predicted molar refractivity (Wildman–Crippen MR) is 123 cm³/mol. The molecule has 4 unspecified atom stereocenters. The van der Waals surface area contributed by atoms with Gasteiger partial charge in [-0.2, -0.15) is 4.90 Å². The molecule has 4 atom stereocenters. The molecule has 9 nitrogen and oxygen atoms in total. The van der Waals surface area contributed by atoms with Crippen LogP contribution >= 0.6 is 15.9 Å². The van der Waals surface area contributed by atoms with Gasteiger partial charge in [0.15, 0.2) is 23.1 Å². The lowest BCUT2D eigenvalue weighted by molar-refractivity contribution is -0.137. The average molecular weight is 542 g/mol. The Balaban J connectivity index is 1.69. The normalized spacial score (nSPS) is 27.7. The number of methoxy groups -OCH3 is 2. The van der Waals surface area contributed by atoms with E-state index in [1.807, 2.05) is 6.08 Å². The summed E-state index contributed by atoms with van der Waals surface area (Å²) in [6.07, 6.45) is 2.30. The fraction of sp³-hybridized carbons (Fsp3) is 0.320. The van der Waals surface area contributed by atoms with Crippen molar-refractivity contribution in [2.75, 3.05) is 14.2 Å². The van der Waals surface area contributed by atoms with E-state index in [1.54, 1.807) is 12.1 Å². The van der Waals surface area contributed by atoms with Gasteiger partial charge in [0.1, 0.15) is 0 Å². The number of ketones is 2. The summed E-state index contributed by atoms with van der Waals surface area (Å²) < 4.78 is 10.0. The minimum atomic E-state index is -1.04. The van der Waals surface area contributed by atoms with Gasteiger partial charge in [0, 0.05) is 23.1 Å². The van der Waals surface area contributed by atoms with E-state index in [2.05, 4.69) is 20.7 Å². The monoisotopic (exact) mass is 541 g/mol. The molecular weight excluding hydrogens is 522 g/mol. The van der Waals surface area contributed by atoms with Gasteiger partial charge >= 0.3 is 6.09 Å². The van der Waals surface area contributed by atoms with Crippen LogP contribution < -0.4 is 4.74 Å². The third-order valence-corrected chi connectivity index (χ3v) is 7.81. The Hall–Kier alpha value is -3.53. The number of likely N-dealkylation sites (tertiary alicyclic amines) is 1. The highest BCUT2D eigenvalue weighted by atomic mass is 79.9. The molecule has 0 aromatic heterocycles. The number of phenolic OH excluding ortho intramolecular Hbond substituents is 1. The maximum absolute atomic E-state index is 13.3. The van der Waals surface area contributed by atoms with E-state index in [-0.39, 0.29) is 46.0 Å². The number of amides is 3. The molecule has 3 amide bonds. The smallest absolute Gasteiger partial charge is 0.423 e. The second-order valence-corrected chi connectivity index (χ2v) is 9.66. The molecule has 1 aromatic rings. The lowest BCUT2D eigenvalue weighted by Gasteiger charge is -2.42. The van der Waals surface area contributed by atoms with Gasteiger partial charge in [-0.15, -0.1) is 0 Å². The van der Waals surface area contributed by atoms with Crippen LogP contribution in [0.15, 0.2) is 51.6 Å². The van der Waals surface area contributed by atoms with E-state index in [1.165, 1.54) is 19.3 Å². The molecule has 1 aliphatic heterocycles. The number of Topliss-reactive ketones (excluding diaryl/α,β-unsaturated/α-hetero) is 1. The zero-order valence-electron chi connectivity index (χ0n) is 18.7. The van der Waals surface area contributed by atoms with Gasteiger partial charge in [0.05, 0.1) is 30.5 Å². The lowest BCUT2D eigenvalue weighted by atomic mass is 9.59. The molecule has 1 saturated heterocycles. The standard InChI is InChI=1S/C25H20BrNO8/c1-34-18-7-10(3-6-16(18)28)19-11-4-5-12-20(24(32)27(23(12)31)25(33)35-2)13(11)8-14-21(19)17(29)9-15(26)22(14)30/h3-4,6-7,9,12-13,19-20,28H,5,8H2,1-2H3. The first-order chi connectivity index (χ1) is 16.7. The number of benzene rings is 1. The summed E-state index contributed by atoms with van der Waals surface area (Å²) >= 11 is 3.17. The van der Waals surface area contributed by atoms with Crippen LogP contribution in [-0.4, -0.2) is 53.7 Å². The van der Waals surface area contributed by atoms with Crippen molar-refractivity contribution in [1.82, 2.24) is 4.90 Å². The summed E-state index contributed by atoms with van der Waals surface area (Å²) in [4.78, 5) is 65.3. The fourth-order valence-electron chi connectivity index (χ4n) is 5.73. The SMILES string of the molecule is COC(=O)N1C(=O)C2CC=C3C(c4ccc(O)c(OC)c4)C4=C(CC3C2C1=O)C(=O)C(Br)=CC4=O. The van der Waals surface area contributed by atoms with Crippen LogP contribution in [0.4, 0.5) is 4.79 Å². The number of rotatable bonds is 2. The first-order valence-electron chi connectivity index (χ1n) is 10.9. The summed E-state index contributed by atoms with van der Waals surface area (Å²) in [5.41, 5.74) is 1.88. The largest absolute Gasteiger partial charge is 0.504 e. The van der Waals surface area contributed by atoms with Gasteiger partial charge in [-0.3, -0.25) is 19.2 Å². The first kappa shape index (κ1) is 23.2. The number of halogens is 1. The number of ether oxygens (including phenoxy) is 2. The Bertz CT molecular complexity index is 1320. The number of allylic oxidation sites excluding steroid dienone is 6. The van der Waals surface area contributed by atoms with Crippen molar-refractivity contribution in [3.8, 4) is 11.5 Å². The Morgan fingerprint density at radius 3 is 2.54 bits per heavy atom. The van der Waals surface area contributed by atoms with E-state index in [0.717, 1.165) is 12.7 Å². The minimum absolute atomic E-state index is 0.0790. The molecule has 1 heterocycles. The van der Waals surface area contributed by atoms with Crippen LogP contribution in [0.3, 0.4) is 0 Å². The molecule has 10 heteroatoms. The van der Waals surface area contributed by atoms with Gasteiger partial charge in [0.2, 0.25) is 11.8 Å². The number of aromatic hydroxyl groups is 1. The van der Waals surface area contributed by atoms with Crippen molar-refractivity contribution in [2.24, 2.45) is 17.8 Å². The Labute approximate surface area is 208 Å². The highest BCUT2D eigenvalue weighted by molar-refractivity contribution is 9.12. The molecule has 0 bridgehead atoms. The van der Waals surface area contributed by atoms with Crippen LogP contribution in [0.5, 0.6) is 11.5 Å². The molecule has 3 aliphatic carbocycles. The number of carbonyl (C=O) groups is 5. The van der Waals surface area contributed by atoms with Crippen LogP contribution in [0, 0.1) is 17.8 Å². The minimum Gasteiger partial charge on any atom is -0.504 e. The summed E-state index contributed by atoms with van der Waals surface area (Å²) in [5, 5.41) is 10.1. The second kappa shape index (κ2) is 8.30. The second-order valence-electron chi connectivity index (χ2n) is 8.81. The molecule has 4 aliphatic rings. The summed E-state index contributed by atoms with van der Waals surface area (Å²) in [7, 11) is 2.49. The number of imide groups is 3. The fourth-order valence-corrected chi connectivity index (χ4v) is 6.18. The zero-order valence-corrected chi connectivity index (χ0v) is 20.3. The van der Waals surface area contributed by atoms with Gasteiger partial charge < -0.3 is 14.6 Å².